The molecule has 1 amide bonds. The molecule has 3 rings (SSSR count). The number of halogens is 1. The topological polar surface area (TPSA) is 65.4 Å². The van der Waals surface area contributed by atoms with Crippen molar-refractivity contribution in [2.75, 3.05) is 19.5 Å². The van der Waals surface area contributed by atoms with E-state index in [9.17, 15) is 9.18 Å². The minimum Gasteiger partial charge on any atom is -0.496 e. The molecule has 7 heteroatoms. The summed E-state index contributed by atoms with van der Waals surface area (Å²) in [6, 6.07) is 11.3. The van der Waals surface area contributed by atoms with Crippen molar-refractivity contribution in [3.8, 4) is 11.5 Å². The fourth-order valence-corrected chi connectivity index (χ4v) is 2.56. The minimum atomic E-state index is -0.361. The van der Waals surface area contributed by atoms with E-state index in [1.807, 2.05) is 0 Å². The third-order valence-electron chi connectivity index (χ3n) is 3.80. The van der Waals surface area contributed by atoms with Gasteiger partial charge in [0.2, 0.25) is 0 Å². The Bertz CT molecular complexity index is 884. The number of anilines is 1. The molecule has 0 aliphatic carbocycles. The molecule has 134 valence electrons. The second-order valence-corrected chi connectivity index (χ2v) is 5.54. The van der Waals surface area contributed by atoms with Crippen LogP contribution in [-0.2, 0) is 6.54 Å². The van der Waals surface area contributed by atoms with Gasteiger partial charge in [0, 0.05) is 6.20 Å². The summed E-state index contributed by atoms with van der Waals surface area (Å²) in [4.78, 5) is 12.6. The van der Waals surface area contributed by atoms with Crippen LogP contribution < -0.4 is 14.8 Å². The average Bonchev–Trinajstić information content (AvgIpc) is 3.09. The molecule has 0 fully saturated rings. The van der Waals surface area contributed by atoms with E-state index in [2.05, 4.69) is 10.4 Å². The Labute approximate surface area is 150 Å². The molecule has 2 aromatic carbocycles. The molecule has 26 heavy (non-hydrogen) atoms. The van der Waals surface area contributed by atoms with Gasteiger partial charge in [-0.1, -0.05) is 18.2 Å². The van der Waals surface area contributed by atoms with E-state index in [0.717, 1.165) is 5.56 Å². The Hall–Kier alpha value is -3.35. The van der Waals surface area contributed by atoms with Crippen molar-refractivity contribution < 1.29 is 18.7 Å². The summed E-state index contributed by atoms with van der Waals surface area (Å²) in [5.74, 6) is 0.190. The molecule has 0 radical (unpaired) electrons. The molecule has 0 spiro atoms. The van der Waals surface area contributed by atoms with Gasteiger partial charge >= 0.3 is 0 Å². The number of nitrogens with one attached hydrogen (secondary N) is 1. The third-order valence-corrected chi connectivity index (χ3v) is 3.80. The quantitative estimate of drug-likeness (QED) is 0.736. The SMILES string of the molecule is COc1cccc(OC)c1C(=O)Nc1cnn(Cc2ccc(F)cc2)c1. The first-order valence-corrected chi connectivity index (χ1v) is 7.90. The second-order valence-electron chi connectivity index (χ2n) is 5.54. The zero-order valence-corrected chi connectivity index (χ0v) is 14.4. The first-order valence-electron chi connectivity index (χ1n) is 7.90. The van der Waals surface area contributed by atoms with E-state index in [1.54, 1.807) is 47.4 Å². The molecule has 1 aromatic heterocycles. The van der Waals surface area contributed by atoms with E-state index in [-0.39, 0.29) is 11.7 Å². The number of ether oxygens (including phenoxy) is 2. The molecule has 0 atom stereocenters. The van der Waals surface area contributed by atoms with Gasteiger partial charge in [0.15, 0.2) is 0 Å². The van der Waals surface area contributed by atoms with Gasteiger partial charge in [-0.15, -0.1) is 0 Å². The lowest BCUT2D eigenvalue weighted by Crippen LogP contribution is -2.14. The van der Waals surface area contributed by atoms with Crippen LogP contribution in [0.5, 0.6) is 11.5 Å². The van der Waals surface area contributed by atoms with Gasteiger partial charge < -0.3 is 14.8 Å². The van der Waals surface area contributed by atoms with Crippen LogP contribution in [0.3, 0.4) is 0 Å². The summed E-state index contributed by atoms with van der Waals surface area (Å²) in [5.41, 5.74) is 1.74. The smallest absolute Gasteiger partial charge is 0.263 e. The number of methoxy groups -OCH3 is 2. The lowest BCUT2D eigenvalue weighted by molar-refractivity contribution is 0.102. The normalized spacial score (nSPS) is 10.4. The zero-order valence-electron chi connectivity index (χ0n) is 14.4. The Morgan fingerprint density at radius 3 is 2.38 bits per heavy atom. The number of hydrogen-bond donors (Lipinski definition) is 1. The van der Waals surface area contributed by atoms with E-state index in [0.29, 0.717) is 29.3 Å². The van der Waals surface area contributed by atoms with Crippen LogP contribution >= 0.6 is 0 Å². The summed E-state index contributed by atoms with van der Waals surface area (Å²) in [5, 5.41) is 6.99. The van der Waals surface area contributed by atoms with E-state index < -0.39 is 0 Å². The summed E-state index contributed by atoms with van der Waals surface area (Å²) in [6.45, 7) is 0.466. The lowest BCUT2D eigenvalue weighted by atomic mass is 10.1. The van der Waals surface area contributed by atoms with Gasteiger partial charge in [0.1, 0.15) is 22.9 Å². The monoisotopic (exact) mass is 355 g/mol. The van der Waals surface area contributed by atoms with E-state index >= 15 is 0 Å². The molecule has 0 saturated carbocycles. The van der Waals surface area contributed by atoms with Crippen LogP contribution in [0.1, 0.15) is 15.9 Å². The minimum absolute atomic E-state index is 0.284. The Kier molecular flexibility index (Phi) is 5.17. The fourth-order valence-electron chi connectivity index (χ4n) is 2.56. The first kappa shape index (κ1) is 17.5. The highest BCUT2D eigenvalue weighted by molar-refractivity contribution is 6.08. The number of carbonyl (C=O) groups is 1. The summed E-state index contributed by atoms with van der Waals surface area (Å²) < 4.78 is 25.1. The maximum absolute atomic E-state index is 13.0. The summed E-state index contributed by atoms with van der Waals surface area (Å²) in [6.07, 6.45) is 3.24. The van der Waals surface area contributed by atoms with Gasteiger partial charge in [0.25, 0.3) is 5.91 Å². The zero-order chi connectivity index (χ0) is 18.5. The van der Waals surface area contributed by atoms with E-state index in [4.69, 9.17) is 9.47 Å². The number of benzene rings is 2. The first-order chi connectivity index (χ1) is 12.6. The summed E-state index contributed by atoms with van der Waals surface area (Å²) in [7, 11) is 2.98. The Morgan fingerprint density at radius 2 is 1.77 bits per heavy atom. The number of carbonyl (C=O) groups excluding carboxylic acids is 1. The van der Waals surface area contributed by atoms with Gasteiger partial charge in [-0.3, -0.25) is 9.48 Å². The van der Waals surface area contributed by atoms with Gasteiger partial charge in [-0.2, -0.15) is 5.10 Å². The van der Waals surface area contributed by atoms with Crippen LogP contribution in [0.2, 0.25) is 0 Å². The van der Waals surface area contributed by atoms with Crippen LogP contribution in [0, 0.1) is 5.82 Å². The van der Waals surface area contributed by atoms with Crippen molar-refractivity contribution in [3.63, 3.8) is 0 Å². The molecule has 1 heterocycles. The van der Waals surface area contributed by atoms with Gasteiger partial charge in [0.05, 0.1) is 32.6 Å². The Morgan fingerprint density at radius 1 is 1.12 bits per heavy atom. The van der Waals surface area contributed by atoms with Crippen molar-refractivity contribution in [2.24, 2.45) is 0 Å². The number of aromatic nitrogens is 2. The fraction of sp³-hybridized carbons (Fsp3) is 0.158. The average molecular weight is 355 g/mol. The molecule has 6 nitrogen and oxygen atoms in total. The Balaban J connectivity index is 1.75. The number of nitrogens with zero attached hydrogens (tertiary/aromatic N) is 2. The second kappa shape index (κ2) is 7.69. The largest absolute Gasteiger partial charge is 0.496 e. The number of rotatable bonds is 6. The van der Waals surface area contributed by atoms with E-state index in [1.165, 1.54) is 26.4 Å². The highest BCUT2D eigenvalue weighted by Gasteiger charge is 2.18. The van der Waals surface area contributed by atoms with Crippen molar-refractivity contribution in [1.29, 1.82) is 0 Å². The molecule has 0 aliphatic rings. The molecule has 0 aliphatic heterocycles. The number of amides is 1. The summed E-state index contributed by atoms with van der Waals surface area (Å²) >= 11 is 0. The van der Waals surface area contributed by atoms with Crippen molar-refractivity contribution in [2.45, 2.75) is 6.54 Å². The van der Waals surface area contributed by atoms with Crippen LogP contribution in [0.25, 0.3) is 0 Å². The molecule has 0 bridgehead atoms. The lowest BCUT2D eigenvalue weighted by Gasteiger charge is -2.12. The highest BCUT2D eigenvalue weighted by atomic mass is 19.1. The van der Waals surface area contributed by atoms with Crippen LogP contribution in [0.15, 0.2) is 54.9 Å². The maximum atomic E-state index is 13.0. The molecule has 0 unspecified atom stereocenters. The molecule has 0 saturated heterocycles. The predicted octanol–water partition coefficient (Wildman–Crippen LogP) is 3.34. The van der Waals surface area contributed by atoms with Crippen molar-refractivity contribution in [3.05, 3.63) is 71.8 Å². The molecule has 1 N–H and O–H groups in total. The molecular weight excluding hydrogens is 337 g/mol. The maximum Gasteiger partial charge on any atom is 0.263 e. The molecule has 3 aromatic rings. The van der Waals surface area contributed by atoms with Gasteiger partial charge in [-0.05, 0) is 29.8 Å². The van der Waals surface area contributed by atoms with Crippen molar-refractivity contribution >= 4 is 11.6 Å². The highest BCUT2D eigenvalue weighted by Crippen LogP contribution is 2.29. The van der Waals surface area contributed by atoms with Crippen LogP contribution in [0.4, 0.5) is 10.1 Å². The third kappa shape index (κ3) is 3.83. The molecular formula is C19H18FN3O3. The standard InChI is InChI=1S/C19H18FN3O3/c1-25-16-4-3-5-17(26-2)18(16)19(24)22-15-10-21-23(12-15)11-13-6-8-14(20)9-7-13/h3-10,12H,11H2,1-2H3,(H,22,24). The van der Waals surface area contributed by atoms with Gasteiger partial charge in [-0.25, -0.2) is 4.39 Å². The van der Waals surface area contributed by atoms with Crippen LogP contribution in [-0.4, -0.2) is 29.9 Å². The number of hydrogen-bond acceptors (Lipinski definition) is 4. The van der Waals surface area contributed by atoms with Crippen molar-refractivity contribution in [1.82, 2.24) is 9.78 Å². The predicted molar refractivity (Wildman–Crippen MR) is 95.2 cm³/mol.